The Hall–Kier alpha value is -2.48. The summed E-state index contributed by atoms with van der Waals surface area (Å²) >= 11 is 0. The van der Waals surface area contributed by atoms with Gasteiger partial charge in [-0.2, -0.15) is 0 Å². The molecule has 0 aliphatic heterocycles. The van der Waals surface area contributed by atoms with E-state index < -0.39 is 0 Å². The van der Waals surface area contributed by atoms with Crippen LogP contribution in [0.5, 0.6) is 0 Å². The molecule has 1 rings (SSSR count). The summed E-state index contributed by atoms with van der Waals surface area (Å²) in [5.74, 6) is -0.172. The zero-order chi connectivity index (χ0) is 22.7. The fourth-order valence-electron chi connectivity index (χ4n) is 1.58. The SMILES string of the molecule is C=C(C)c1ccc(C(C)=C(C)C)c(F)c1.C=CC=C.CC.CN=CC=C(C)C. The van der Waals surface area contributed by atoms with Gasteiger partial charge >= 0.3 is 0 Å². The van der Waals surface area contributed by atoms with Crippen molar-refractivity contribution in [2.24, 2.45) is 4.99 Å². The number of benzene rings is 1. The molecule has 1 nitrogen and oxygen atoms in total. The van der Waals surface area contributed by atoms with Crippen LogP contribution in [0.15, 0.2) is 72.3 Å². The summed E-state index contributed by atoms with van der Waals surface area (Å²) in [6.45, 7) is 26.4. The van der Waals surface area contributed by atoms with Crippen molar-refractivity contribution in [3.05, 3.63) is 84.3 Å². The van der Waals surface area contributed by atoms with Crippen molar-refractivity contribution in [3.63, 3.8) is 0 Å². The van der Waals surface area contributed by atoms with Gasteiger partial charge < -0.3 is 0 Å². The lowest BCUT2D eigenvalue weighted by Crippen LogP contribution is -1.90. The fraction of sp³-hybridized carbons (Fsp3) is 0.346. The first-order chi connectivity index (χ1) is 13.1. The summed E-state index contributed by atoms with van der Waals surface area (Å²) in [6.07, 6.45) is 7.04. The molecule has 0 amide bonds. The summed E-state index contributed by atoms with van der Waals surface area (Å²) in [6, 6.07) is 5.28. The summed E-state index contributed by atoms with van der Waals surface area (Å²) in [7, 11) is 1.76. The van der Waals surface area contributed by atoms with Gasteiger partial charge in [0, 0.05) is 18.8 Å². The number of aliphatic imine (C=N–C) groups is 1. The molecule has 2 heteroatoms. The van der Waals surface area contributed by atoms with Crippen molar-refractivity contribution in [3.8, 4) is 0 Å². The maximum atomic E-state index is 13.7. The third kappa shape index (κ3) is 15.7. The second-order valence-electron chi connectivity index (χ2n) is 6.22. The molecule has 156 valence electrons. The van der Waals surface area contributed by atoms with Gasteiger partial charge in [-0.05, 0) is 64.8 Å². The smallest absolute Gasteiger partial charge is 0.131 e. The van der Waals surface area contributed by atoms with E-state index in [1.807, 2.05) is 73.6 Å². The summed E-state index contributed by atoms with van der Waals surface area (Å²) in [4.78, 5) is 3.77. The molecule has 28 heavy (non-hydrogen) atoms. The molecule has 0 aromatic heterocycles. The lowest BCUT2D eigenvalue weighted by molar-refractivity contribution is 0.623. The Kier molecular flexibility index (Phi) is 20.8. The zero-order valence-electron chi connectivity index (χ0n) is 19.5. The number of rotatable bonds is 4. The molecule has 0 aliphatic rings. The second kappa shape index (κ2) is 19.3. The number of nitrogens with zero attached hydrogens (tertiary/aromatic N) is 1. The summed E-state index contributed by atoms with van der Waals surface area (Å²) < 4.78 is 13.7. The minimum absolute atomic E-state index is 0.172. The van der Waals surface area contributed by atoms with Crippen molar-refractivity contribution in [2.75, 3.05) is 7.05 Å². The Balaban J connectivity index is -0.000000401. The van der Waals surface area contributed by atoms with Gasteiger partial charge in [0.2, 0.25) is 0 Å². The first kappa shape index (κ1) is 30.3. The predicted molar refractivity (Wildman–Crippen MR) is 131 cm³/mol. The maximum absolute atomic E-state index is 13.7. The van der Waals surface area contributed by atoms with E-state index in [2.05, 4.69) is 24.7 Å². The van der Waals surface area contributed by atoms with Crippen LogP contribution in [0.4, 0.5) is 4.39 Å². The molecule has 0 saturated heterocycles. The third-order valence-electron chi connectivity index (χ3n) is 3.34. The van der Waals surface area contributed by atoms with Crippen LogP contribution < -0.4 is 0 Å². The van der Waals surface area contributed by atoms with Crippen LogP contribution in [0.25, 0.3) is 11.1 Å². The Morgan fingerprint density at radius 3 is 1.71 bits per heavy atom. The average molecular weight is 386 g/mol. The monoisotopic (exact) mass is 385 g/mol. The molecule has 0 aliphatic carbocycles. The molecule has 0 fully saturated rings. The van der Waals surface area contributed by atoms with Crippen LogP contribution in [0.3, 0.4) is 0 Å². The molecule has 1 aromatic carbocycles. The first-order valence-electron chi connectivity index (χ1n) is 9.51. The molecule has 0 spiro atoms. The van der Waals surface area contributed by atoms with E-state index in [9.17, 15) is 4.39 Å². The van der Waals surface area contributed by atoms with E-state index in [-0.39, 0.29) is 5.82 Å². The topological polar surface area (TPSA) is 12.4 Å². The predicted octanol–water partition coefficient (Wildman–Crippen LogP) is 8.71. The lowest BCUT2D eigenvalue weighted by Gasteiger charge is -2.08. The quantitative estimate of drug-likeness (QED) is 0.363. The molecular formula is C26H40FN. The van der Waals surface area contributed by atoms with Crippen LogP contribution in [-0.4, -0.2) is 13.3 Å². The fourth-order valence-corrected chi connectivity index (χ4v) is 1.58. The highest BCUT2D eigenvalue weighted by molar-refractivity contribution is 5.71. The van der Waals surface area contributed by atoms with Crippen molar-refractivity contribution in [2.45, 2.75) is 55.4 Å². The third-order valence-corrected chi connectivity index (χ3v) is 3.34. The molecule has 1 aromatic rings. The standard InChI is InChI=1S/C14H17F.C6H11N.C4H6.C2H6/c1-9(2)11(5)13-7-6-12(10(3)4)8-14(13)15;1-6(2)4-5-7-3;1-3-4-2;1-2/h6-8H,3H2,1-2,4-5H3;4-5H,1-3H3;3-4H,1-2H2;1-2H3. The molecule has 0 N–H and O–H groups in total. The molecule has 0 unspecified atom stereocenters. The van der Waals surface area contributed by atoms with Crippen molar-refractivity contribution >= 4 is 17.4 Å². The first-order valence-corrected chi connectivity index (χ1v) is 9.51. The Morgan fingerprint density at radius 1 is 0.964 bits per heavy atom. The Bertz CT molecular complexity index is 674. The average Bonchev–Trinajstić information content (AvgIpc) is 2.67. The molecule has 0 saturated carbocycles. The molecule has 0 heterocycles. The van der Waals surface area contributed by atoms with Crippen LogP contribution in [-0.2, 0) is 0 Å². The summed E-state index contributed by atoms with van der Waals surface area (Å²) in [5.41, 5.74) is 5.84. The number of hydrogen-bond acceptors (Lipinski definition) is 1. The van der Waals surface area contributed by atoms with Gasteiger partial charge in [0.05, 0.1) is 0 Å². The number of allylic oxidation sites excluding steroid dienone is 7. The van der Waals surface area contributed by atoms with Gasteiger partial charge in [-0.25, -0.2) is 4.39 Å². The summed E-state index contributed by atoms with van der Waals surface area (Å²) in [5, 5.41) is 0. The van der Waals surface area contributed by atoms with E-state index in [0.717, 1.165) is 22.3 Å². The van der Waals surface area contributed by atoms with Crippen molar-refractivity contribution < 1.29 is 4.39 Å². The van der Waals surface area contributed by atoms with Gasteiger partial charge in [-0.3, -0.25) is 4.99 Å². The van der Waals surface area contributed by atoms with E-state index >= 15 is 0 Å². The van der Waals surface area contributed by atoms with Gasteiger partial charge in [0.1, 0.15) is 5.82 Å². The van der Waals surface area contributed by atoms with Gasteiger partial charge in [-0.15, -0.1) is 0 Å². The van der Waals surface area contributed by atoms with E-state index in [1.54, 1.807) is 31.5 Å². The van der Waals surface area contributed by atoms with E-state index in [4.69, 9.17) is 0 Å². The zero-order valence-corrected chi connectivity index (χ0v) is 19.5. The highest BCUT2D eigenvalue weighted by Gasteiger charge is 2.06. The van der Waals surface area contributed by atoms with Gasteiger partial charge in [0.25, 0.3) is 0 Å². The van der Waals surface area contributed by atoms with Crippen LogP contribution in [0.2, 0.25) is 0 Å². The minimum atomic E-state index is -0.172. The van der Waals surface area contributed by atoms with Crippen molar-refractivity contribution in [1.82, 2.24) is 0 Å². The van der Waals surface area contributed by atoms with Crippen molar-refractivity contribution in [1.29, 1.82) is 0 Å². The normalized spacial score (nSPS) is 8.64. The molecule has 0 atom stereocenters. The van der Waals surface area contributed by atoms with Crippen LogP contribution in [0.1, 0.15) is 66.5 Å². The highest BCUT2D eigenvalue weighted by Crippen LogP contribution is 2.23. The maximum Gasteiger partial charge on any atom is 0.131 e. The number of halogens is 1. The van der Waals surface area contributed by atoms with Crippen LogP contribution in [0, 0.1) is 5.82 Å². The largest absolute Gasteiger partial charge is 0.297 e. The van der Waals surface area contributed by atoms with Gasteiger partial charge in [-0.1, -0.05) is 74.6 Å². The van der Waals surface area contributed by atoms with E-state index in [0.29, 0.717) is 5.56 Å². The second-order valence-corrected chi connectivity index (χ2v) is 6.22. The minimum Gasteiger partial charge on any atom is -0.297 e. The van der Waals surface area contributed by atoms with E-state index in [1.165, 1.54) is 5.57 Å². The molecule has 0 bridgehead atoms. The molecular weight excluding hydrogens is 345 g/mol. The van der Waals surface area contributed by atoms with Gasteiger partial charge in [0.15, 0.2) is 0 Å². The highest BCUT2D eigenvalue weighted by atomic mass is 19.1. The van der Waals surface area contributed by atoms with Crippen LogP contribution >= 0.6 is 0 Å². The Labute approximate surface area is 173 Å². The number of hydrogen-bond donors (Lipinski definition) is 0. The Morgan fingerprint density at radius 2 is 1.46 bits per heavy atom. The lowest BCUT2D eigenvalue weighted by atomic mass is 9.99. The molecule has 0 radical (unpaired) electrons.